The van der Waals surface area contributed by atoms with Gasteiger partial charge in [-0.05, 0) is 34.7 Å². The third-order valence-electron chi connectivity index (χ3n) is 2.86. The fourth-order valence-electron chi connectivity index (χ4n) is 1.73. The molecule has 0 spiro atoms. The van der Waals surface area contributed by atoms with Crippen LogP contribution in [0.4, 0.5) is 0 Å². The van der Waals surface area contributed by atoms with Crippen LogP contribution in [0.1, 0.15) is 10.4 Å². The van der Waals surface area contributed by atoms with Gasteiger partial charge in [-0.15, -0.1) is 0 Å². The highest BCUT2D eigenvalue weighted by atomic mass is 127. The number of hydrogen-bond donors (Lipinski definition) is 0. The molecule has 0 radical (unpaired) electrons. The van der Waals surface area contributed by atoms with Crippen LogP contribution in [0.3, 0.4) is 0 Å². The maximum atomic E-state index is 12.0. The molecule has 2 aromatic rings. The van der Waals surface area contributed by atoms with Crippen LogP contribution >= 0.6 is 22.6 Å². The van der Waals surface area contributed by atoms with Crippen LogP contribution in [0.15, 0.2) is 42.5 Å². The van der Waals surface area contributed by atoms with E-state index in [1.807, 2.05) is 12.1 Å². The van der Waals surface area contributed by atoms with Crippen molar-refractivity contribution in [1.82, 2.24) is 0 Å². The van der Waals surface area contributed by atoms with E-state index in [4.69, 9.17) is 14.2 Å². The molecule has 0 aromatic heterocycles. The molecule has 0 unspecified atom stereocenters. The van der Waals surface area contributed by atoms with Gasteiger partial charge in [-0.2, -0.15) is 0 Å². The first-order chi connectivity index (χ1) is 10.1. The topological polar surface area (TPSA) is 44.8 Å². The van der Waals surface area contributed by atoms with Gasteiger partial charge in [0.1, 0.15) is 17.2 Å². The van der Waals surface area contributed by atoms with Crippen molar-refractivity contribution >= 4 is 28.4 Å². The lowest BCUT2D eigenvalue weighted by atomic mass is 10.1. The molecule has 0 atom stereocenters. The summed E-state index contributed by atoms with van der Waals surface area (Å²) in [6.45, 7) is -0.0308. The highest BCUT2D eigenvalue weighted by molar-refractivity contribution is 14.1. The van der Waals surface area contributed by atoms with E-state index in [0.29, 0.717) is 22.8 Å². The zero-order valence-electron chi connectivity index (χ0n) is 11.8. The minimum Gasteiger partial charge on any atom is -0.496 e. The molecule has 0 aliphatic carbocycles. The summed E-state index contributed by atoms with van der Waals surface area (Å²) in [5.74, 6) is 1.69. The van der Waals surface area contributed by atoms with Gasteiger partial charge in [0.15, 0.2) is 12.4 Å². The molecule has 0 aliphatic heterocycles. The van der Waals surface area contributed by atoms with Crippen LogP contribution in [-0.4, -0.2) is 26.6 Å². The zero-order valence-corrected chi connectivity index (χ0v) is 13.9. The number of benzene rings is 2. The summed E-state index contributed by atoms with van der Waals surface area (Å²) in [5, 5.41) is 0. The lowest BCUT2D eigenvalue weighted by molar-refractivity contribution is 0.0921. The maximum absolute atomic E-state index is 12.0. The van der Waals surface area contributed by atoms with Gasteiger partial charge in [-0.1, -0.05) is 12.1 Å². The van der Waals surface area contributed by atoms with Gasteiger partial charge in [0.05, 0.1) is 14.2 Å². The smallest absolute Gasteiger partial charge is 0.200 e. The number of methoxy groups -OCH3 is 2. The van der Waals surface area contributed by atoms with Gasteiger partial charge in [0.25, 0.3) is 0 Å². The Kier molecular flexibility index (Phi) is 5.44. The Morgan fingerprint density at radius 2 is 1.48 bits per heavy atom. The summed E-state index contributed by atoms with van der Waals surface area (Å²) in [5.41, 5.74) is 0.630. The predicted molar refractivity (Wildman–Crippen MR) is 88.5 cm³/mol. The molecule has 0 amide bonds. The van der Waals surface area contributed by atoms with Crippen LogP contribution in [0.2, 0.25) is 0 Å². The monoisotopic (exact) mass is 398 g/mol. The zero-order chi connectivity index (χ0) is 15.2. The largest absolute Gasteiger partial charge is 0.496 e. The van der Waals surface area contributed by atoms with Crippen molar-refractivity contribution < 1.29 is 19.0 Å². The maximum Gasteiger partial charge on any atom is 0.200 e. The summed E-state index contributed by atoms with van der Waals surface area (Å²) >= 11 is 2.20. The summed E-state index contributed by atoms with van der Waals surface area (Å²) < 4.78 is 16.9. The number of hydrogen-bond acceptors (Lipinski definition) is 4. The van der Waals surface area contributed by atoms with E-state index in [1.165, 1.54) is 0 Å². The first kappa shape index (κ1) is 15.6. The molecule has 0 bridgehead atoms. The average molecular weight is 398 g/mol. The third kappa shape index (κ3) is 4.35. The molecular formula is C16H15IO4. The summed E-state index contributed by atoms with van der Waals surface area (Å²) in [4.78, 5) is 12.0. The third-order valence-corrected chi connectivity index (χ3v) is 3.58. The molecule has 0 aliphatic rings. The Morgan fingerprint density at radius 1 is 0.952 bits per heavy atom. The second-order valence-corrected chi connectivity index (χ2v) is 5.51. The van der Waals surface area contributed by atoms with E-state index in [1.54, 1.807) is 44.6 Å². The van der Waals surface area contributed by atoms with Gasteiger partial charge in [0, 0.05) is 27.3 Å². The molecule has 21 heavy (non-hydrogen) atoms. The lowest BCUT2D eigenvalue weighted by Crippen LogP contribution is -2.11. The molecule has 2 aromatic carbocycles. The van der Waals surface area contributed by atoms with Crippen LogP contribution in [-0.2, 0) is 0 Å². The Labute approximate surface area is 137 Å². The quantitative estimate of drug-likeness (QED) is 0.552. The number of rotatable bonds is 6. The number of carbonyl (C=O) groups is 1. The number of carbonyl (C=O) groups excluding carboxylic acids is 1. The van der Waals surface area contributed by atoms with E-state index in [2.05, 4.69) is 22.6 Å². The molecule has 2 rings (SSSR count). The standard InChI is InChI=1S/C16H15IO4/c1-19-13-7-14(20-2)9-15(8-13)21-10-16(18)11-3-5-12(17)6-4-11/h3-9H,10H2,1-2H3. The summed E-state index contributed by atoms with van der Waals surface area (Å²) in [6, 6.07) is 12.5. The minimum atomic E-state index is -0.0758. The molecular weight excluding hydrogens is 383 g/mol. The Balaban J connectivity index is 2.05. The van der Waals surface area contributed by atoms with Crippen molar-refractivity contribution in [1.29, 1.82) is 0 Å². The average Bonchev–Trinajstić information content (AvgIpc) is 2.52. The molecule has 0 N–H and O–H groups in total. The number of halogens is 1. The molecule has 0 fully saturated rings. The van der Waals surface area contributed by atoms with Crippen molar-refractivity contribution in [2.45, 2.75) is 0 Å². The second-order valence-electron chi connectivity index (χ2n) is 4.27. The summed E-state index contributed by atoms with van der Waals surface area (Å²) in [6.07, 6.45) is 0. The van der Waals surface area contributed by atoms with Gasteiger partial charge in [-0.25, -0.2) is 0 Å². The second kappa shape index (κ2) is 7.31. The molecule has 110 valence electrons. The molecule has 0 heterocycles. The summed E-state index contributed by atoms with van der Waals surface area (Å²) in [7, 11) is 3.13. The van der Waals surface area contributed by atoms with Crippen molar-refractivity contribution in [3.63, 3.8) is 0 Å². The fourth-order valence-corrected chi connectivity index (χ4v) is 2.09. The first-order valence-corrected chi connectivity index (χ1v) is 7.35. The highest BCUT2D eigenvalue weighted by Crippen LogP contribution is 2.27. The molecule has 0 saturated heterocycles. The van der Waals surface area contributed by atoms with Gasteiger partial charge < -0.3 is 14.2 Å². The minimum absolute atomic E-state index is 0.0308. The Morgan fingerprint density at radius 3 is 2.00 bits per heavy atom. The van der Waals surface area contributed by atoms with Gasteiger partial charge >= 0.3 is 0 Å². The number of ketones is 1. The van der Waals surface area contributed by atoms with Crippen LogP contribution in [0.5, 0.6) is 17.2 Å². The van der Waals surface area contributed by atoms with Crippen molar-refractivity contribution in [2.75, 3.05) is 20.8 Å². The van der Waals surface area contributed by atoms with E-state index in [0.717, 1.165) is 3.57 Å². The SMILES string of the molecule is COc1cc(OC)cc(OCC(=O)c2ccc(I)cc2)c1. The van der Waals surface area contributed by atoms with E-state index in [9.17, 15) is 4.79 Å². The van der Waals surface area contributed by atoms with Crippen molar-refractivity contribution in [3.8, 4) is 17.2 Å². The van der Waals surface area contributed by atoms with Gasteiger partial charge in [-0.3, -0.25) is 4.79 Å². The van der Waals surface area contributed by atoms with Crippen molar-refractivity contribution in [3.05, 3.63) is 51.6 Å². The van der Waals surface area contributed by atoms with E-state index >= 15 is 0 Å². The molecule has 4 nitrogen and oxygen atoms in total. The van der Waals surface area contributed by atoms with Crippen LogP contribution in [0, 0.1) is 3.57 Å². The van der Waals surface area contributed by atoms with Gasteiger partial charge in [0.2, 0.25) is 0 Å². The van der Waals surface area contributed by atoms with Crippen molar-refractivity contribution in [2.24, 2.45) is 0 Å². The normalized spacial score (nSPS) is 10.0. The Hall–Kier alpha value is -1.76. The molecule has 0 saturated carbocycles. The predicted octanol–water partition coefficient (Wildman–Crippen LogP) is 3.57. The molecule has 5 heteroatoms. The highest BCUT2D eigenvalue weighted by Gasteiger charge is 2.08. The Bertz CT molecular complexity index is 600. The number of Topliss-reactive ketones (excluding diaryl/α,β-unsaturated/α-hetero) is 1. The fraction of sp³-hybridized carbons (Fsp3) is 0.188. The van der Waals surface area contributed by atoms with Crippen LogP contribution in [0.25, 0.3) is 0 Å². The lowest BCUT2D eigenvalue weighted by Gasteiger charge is -2.10. The van der Waals surface area contributed by atoms with Crippen LogP contribution < -0.4 is 14.2 Å². The van der Waals surface area contributed by atoms with E-state index < -0.39 is 0 Å². The van der Waals surface area contributed by atoms with E-state index in [-0.39, 0.29) is 12.4 Å². The number of ether oxygens (including phenoxy) is 3. The first-order valence-electron chi connectivity index (χ1n) is 6.27.